The van der Waals surface area contributed by atoms with Crippen LogP contribution in [0.2, 0.25) is 0 Å². The van der Waals surface area contributed by atoms with E-state index in [-0.39, 0.29) is 35.5 Å². The van der Waals surface area contributed by atoms with Crippen LogP contribution in [0.4, 0.5) is 0 Å². The lowest BCUT2D eigenvalue weighted by Gasteiger charge is -2.40. The van der Waals surface area contributed by atoms with E-state index in [1.807, 2.05) is 0 Å². The summed E-state index contributed by atoms with van der Waals surface area (Å²) in [6.45, 7) is 6.21. The highest BCUT2D eigenvalue weighted by Gasteiger charge is 2.39. The highest BCUT2D eigenvalue weighted by molar-refractivity contribution is 5.94. The summed E-state index contributed by atoms with van der Waals surface area (Å²) in [5.74, 6) is -0.855. The molecule has 0 N–H and O–H groups in total. The van der Waals surface area contributed by atoms with E-state index in [0.29, 0.717) is 44.8 Å². The maximum Gasteiger partial charge on any atom is 0.310 e. The van der Waals surface area contributed by atoms with Crippen LogP contribution < -0.4 is 0 Å². The summed E-state index contributed by atoms with van der Waals surface area (Å²) in [5.41, 5.74) is 2.90. The number of carbonyl (C=O) groups is 3. The molecule has 2 aliphatic heterocycles. The maximum absolute atomic E-state index is 13.6. The Balaban J connectivity index is 1.53. The van der Waals surface area contributed by atoms with Crippen LogP contribution in [0.15, 0.2) is 47.3 Å². The zero-order valence-corrected chi connectivity index (χ0v) is 20.1. The van der Waals surface area contributed by atoms with Gasteiger partial charge in [-0.3, -0.25) is 14.4 Å². The largest absolute Gasteiger partial charge is 0.472 e. The predicted octanol–water partition coefficient (Wildman–Crippen LogP) is 3.89. The Morgan fingerprint density at radius 2 is 1.76 bits per heavy atom. The summed E-state index contributed by atoms with van der Waals surface area (Å²) in [6.07, 6.45) is 6.11. The van der Waals surface area contributed by atoms with Crippen molar-refractivity contribution in [3.8, 4) is 0 Å². The van der Waals surface area contributed by atoms with Crippen LogP contribution >= 0.6 is 0 Å². The summed E-state index contributed by atoms with van der Waals surface area (Å²) >= 11 is 0. The van der Waals surface area contributed by atoms with Crippen molar-refractivity contribution in [2.45, 2.75) is 45.4 Å². The van der Waals surface area contributed by atoms with E-state index in [1.165, 1.54) is 18.1 Å². The Bertz CT molecular complexity index is 985. The monoisotopic (exact) mass is 466 g/mol. The minimum atomic E-state index is -0.318. The van der Waals surface area contributed by atoms with Gasteiger partial charge in [-0.2, -0.15) is 0 Å². The zero-order chi connectivity index (χ0) is 24.1. The molecule has 182 valence electrons. The molecule has 1 aromatic carbocycles. The van der Waals surface area contributed by atoms with Gasteiger partial charge in [0.1, 0.15) is 6.26 Å². The van der Waals surface area contributed by atoms with Crippen LogP contribution in [0.5, 0.6) is 0 Å². The number of esters is 1. The fraction of sp³-hybridized carbons (Fsp3) is 0.519. The summed E-state index contributed by atoms with van der Waals surface area (Å²) < 4.78 is 10.3. The Morgan fingerprint density at radius 3 is 2.44 bits per heavy atom. The second-order valence-corrected chi connectivity index (χ2v) is 9.32. The molecule has 7 nitrogen and oxygen atoms in total. The van der Waals surface area contributed by atoms with Crippen LogP contribution in [0, 0.1) is 11.8 Å². The molecule has 2 fully saturated rings. The van der Waals surface area contributed by atoms with Gasteiger partial charge in [-0.1, -0.05) is 31.2 Å². The molecule has 2 aliphatic rings. The summed E-state index contributed by atoms with van der Waals surface area (Å²) in [5, 5.41) is 0. The first-order valence-corrected chi connectivity index (χ1v) is 12.4. The first-order valence-electron chi connectivity index (χ1n) is 12.4. The van der Waals surface area contributed by atoms with E-state index in [9.17, 15) is 14.4 Å². The van der Waals surface area contributed by atoms with Gasteiger partial charge < -0.3 is 19.0 Å². The quantitative estimate of drug-likeness (QED) is 0.604. The molecule has 2 aromatic rings. The van der Waals surface area contributed by atoms with Gasteiger partial charge in [0.05, 0.1) is 30.3 Å². The number of benzene rings is 1. The molecule has 0 aliphatic carbocycles. The number of piperidine rings is 2. The average Bonchev–Trinajstić information content (AvgIpc) is 3.43. The molecule has 3 heterocycles. The SMILES string of the molecule is CCOC(=O)[C@@H]1CCCN(C(=O)[C@H]2C[C@H](c3ccc(CC)cc3)CN(C(=O)c3ccoc3)C2)C1. The fourth-order valence-electron chi connectivity index (χ4n) is 5.17. The number of ether oxygens (including phenoxy) is 1. The fourth-order valence-corrected chi connectivity index (χ4v) is 5.17. The Labute approximate surface area is 201 Å². The molecule has 0 unspecified atom stereocenters. The third-order valence-electron chi connectivity index (χ3n) is 7.07. The van der Waals surface area contributed by atoms with Crippen molar-refractivity contribution in [3.05, 3.63) is 59.5 Å². The summed E-state index contributed by atoms with van der Waals surface area (Å²) in [7, 11) is 0. The second kappa shape index (κ2) is 10.9. The van der Waals surface area contributed by atoms with E-state index in [2.05, 4.69) is 31.2 Å². The minimum Gasteiger partial charge on any atom is -0.472 e. The zero-order valence-electron chi connectivity index (χ0n) is 20.1. The van der Waals surface area contributed by atoms with Crippen LogP contribution in [-0.4, -0.2) is 60.4 Å². The second-order valence-electron chi connectivity index (χ2n) is 9.32. The number of hydrogen-bond acceptors (Lipinski definition) is 5. The van der Waals surface area contributed by atoms with Crippen molar-refractivity contribution in [2.75, 3.05) is 32.8 Å². The van der Waals surface area contributed by atoms with Crippen molar-refractivity contribution >= 4 is 17.8 Å². The van der Waals surface area contributed by atoms with Crippen molar-refractivity contribution in [1.82, 2.24) is 9.80 Å². The van der Waals surface area contributed by atoms with Crippen LogP contribution in [0.1, 0.15) is 60.5 Å². The van der Waals surface area contributed by atoms with Gasteiger partial charge in [-0.25, -0.2) is 0 Å². The number of furan rings is 1. The Kier molecular flexibility index (Phi) is 7.70. The first-order chi connectivity index (χ1) is 16.5. The molecule has 2 amide bonds. The molecular formula is C27H34N2O5. The van der Waals surface area contributed by atoms with E-state index in [1.54, 1.807) is 22.8 Å². The number of likely N-dealkylation sites (tertiary alicyclic amines) is 2. The smallest absolute Gasteiger partial charge is 0.310 e. The molecular weight excluding hydrogens is 432 g/mol. The van der Waals surface area contributed by atoms with Crippen molar-refractivity contribution in [3.63, 3.8) is 0 Å². The number of hydrogen-bond donors (Lipinski definition) is 0. The van der Waals surface area contributed by atoms with Gasteiger partial charge in [0, 0.05) is 32.1 Å². The highest BCUT2D eigenvalue weighted by atomic mass is 16.5. The lowest BCUT2D eigenvalue weighted by Crippen LogP contribution is -2.51. The number of aryl methyl sites for hydroxylation is 1. The molecule has 0 bridgehead atoms. The number of amides is 2. The van der Waals surface area contributed by atoms with Gasteiger partial charge >= 0.3 is 5.97 Å². The van der Waals surface area contributed by atoms with Crippen molar-refractivity contribution < 1.29 is 23.5 Å². The van der Waals surface area contributed by atoms with Crippen molar-refractivity contribution in [2.24, 2.45) is 11.8 Å². The van der Waals surface area contributed by atoms with Gasteiger partial charge in [0.15, 0.2) is 0 Å². The van der Waals surface area contributed by atoms with Crippen molar-refractivity contribution in [1.29, 1.82) is 0 Å². The first kappa shape index (κ1) is 24.0. The molecule has 0 radical (unpaired) electrons. The molecule has 3 atom stereocenters. The normalized spacial score (nSPS) is 22.9. The van der Waals surface area contributed by atoms with Gasteiger partial charge in [0.2, 0.25) is 5.91 Å². The lowest BCUT2D eigenvalue weighted by molar-refractivity contribution is -0.152. The van der Waals surface area contributed by atoms with Crippen LogP contribution in [0.25, 0.3) is 0 Å². The lowest BCUT2D eigenvalue weighted by atomic mass is 9.82. The summed E-state index contributed by atoms with van der Waals surface area (Å²) in [4.78, 5) is 42.7. The highest BCUT2D eigenvalue weighted by Crippen LogP contribution is 2.33. The third-order valence-corrected chi connectivity index (χ3v) is 7.07. The molecule has 0 saturated carbocycles. The number of rotatable bonds is 6. The molecule has 1 aromatic heterocycles. The van der Waals surface area contributed by atoms with E-state index < -0.39 is 0 Å². The van der Waals surface area contributed by atoms with E-state index in [4.69, 9.17) is 9.15 Å². The van der Waals surface area contributed by atoms with Gasteiger partial charge in [-0.05, 0) is 49.8 Å². The number of carbonyl (C=O) groups excluding carboxylic acids is 3. The maximum atomic E-state index is 13.6. The summed E-state index contributed by atoms with van der Waals surface area (Å²) in [6, 6.07) is 10.1. The Hall–Kier alpha value is -3.09. The molecule has 4 rings (SSSR count). The van der Waals surface area contributed by atoms with E-state index >= 15 is 0 Å². The number of nitrogens with zero attached hydrogens (tertiary/aromatic N) is 2. The molecule has 0 spiro atoms. The van der Waals surface area contributed by atoms with Gasteiger partial charge in [0.25, 0.3) is 5.91 Å². The Morgan fingerprint density at radius 1 is 1.00 bits per heavy atom. The van der Waals surface area contributed by atoms with Crippen LogP contribution in [0.3, 0.4) is 0 Å². The average molecular weight is 467 g/mol. The molecule has 34 heavy (non-hydrogen) atoms. The third kappa shape index (κ3) is 5.34. The van der Waals surface area contributed by atoms with Gasteiger partial charge in [-0.15, -0.1) is 0 Å². The molecule has 2 saturated heterocycles. The minimum absolute atomic E-state index is 0.0221. The topological polar surface area (TPSA) is 80.1 Å². The van der Waals surface area contributed by atoms with E-state index in [0.717, 1.165) is 24.8 Å². The standard InChI is InChI=1S/C27H34N2O5/c1-3-19-7-9-20(10-8-19)23-14-24(17-29(16-23)25(30)22-11-13-33-18-22)26(31)28-12-5-6-21(15-28)27(32)34-4-2/h7-11,13,18,21,23-24H,3-6,12,14-17H2,1-2H3/t21-,23+,24+/m1/s1. The molecule has 7 heteroatoms. The van der Waals surface area contributed by atoms with Crippen LogP contribution in [-0.2, 0) is 20.7 Å². The predicted molar refractivity (Wildman–Crippen MR) is 127 cm³/mol.